The standard InChI is InChI=1S/C11H14N4/c1-9-4-6-15(14-9)11(7-12)10-3-2-5-13-8-10/h2-6,8,11H,7,12H2,1H3. The van der Waals surface area contributed by atoms with Crippen LogP contribution in [-0.4, -0.2) is 21.3 Å². The van der Waals surface area contributed by atoms with E-state index in [0.717, 1.165) is 11.3 Å². The lowest BCUT2D eigenvalue weighted by molar-refractivity contribution is 0.527. The molecule has 0 saturated carbocycles. The van der Waals surface area contributed by atoms with Crippen LogP contribution in [0.5, 0.6) is 0 Å². The van der Waals surface area contributed by atoms with Gasteiger partial charge in [0.05, 0.1) is 11.7 Å². The van der Waals surface area contributed by atoms with Crippen molar-refractivity contribution in [2.45, 2.75) is 13.0 Å². The molecule has 0 saturated heterocycles. The summed E-state index contributed by atoms with van der Waals surface area (Å²) < 4.78 is 1.88. The van der Waals surface area contributed by atoms with Crippen molar-refractivity contribution in [2.24, 2.45) is 5.73 Å². The second kappa shape index (κ2) is 4.23. The van der Waals surface area contributed by atoms with E-state index in [-0.39, 0.29) is 6.04 Å². The Morgan fingerprint density at radius 2 is 2.33 bits per heavy atom. The summed E-state index contributed by atoms with van der Waals surface area (Å²) >= 11 is 0. The second-order valence-corrected chi connectivity index (χ2v) is 3.47. The van der Waals surface area contributed by atoms with Crippen LogP contribution in [0.1, 0.15) is 17.3 Å². The molecule has 4 heteroatoms. The summed E-state index contributed by atoms with van der Waals surface area (Å²) in [6.45, 7) is 2.49. The van der Waals surface area contributed by atoms with E-state index in [9.17, 15) is 0 Å². The summed E-state index contributed by atoms with van der Waals surface area (Å²) in [4.78, 5) is 4.09. The van der Waals surface area contributed by atoms with Gasteiger partial charge in [0.25, 0.3) is 0 Å². The molecule has 0 amide bonds. The van der Waals surface area contributed by atoms with Gasteiger partial charge in [-0.2, -0.15) is 5.10 Å². The fraction of sp³-hybridized carbons (Fsp3) is 0.273. The van der Waals surface area contributed by atoms with E-state index in [1.54, 1.807) is 6.20 Å². The lowest BCUT2D eigenvalue weighted by Gasteiger charge is -2.15. The van der Waals surface area contributed by atoms with Crippen LogP contribution in [-0.2, 0) is 0 Å². The average molecular weight is 202 g/mol. The summed E-state index contributed by atoms with van der Waals surface area (Å²) in [5.74, 6) is 0. The van der Waals surface area contributed by atoms with Gasteiger partial charge in [-0.25, -0.2) is 0 Å². The highest BCUT2D eigenvalue weighted by Gasteiger charge is 2.12. The monoisotopic (exact) mass is 202 g/mol. The Kier molecular flexibility index (Phi) is 2.78. The van der Waals surface area contributed by atoms with Gasteiger partial charge in [0, 0.05) is 25.1 Å². The quantitative estimate of drug-likeness (QED) is 0.811. The first-order valence-electron chi connectivity index (χ1n) is 4.93. The minimum Gasteiger partial charge on any atom is -0.328 e. The number of rotatable bonds is 3. The fourth-order valence-electron chi connectivity index (χ4n) is 1.58. The SMILES string of the molecule is Cc1ccn(C(CN)c2cccnc2)n1. The van der Waals surface area contributed by atoms with Gasteiger partial charge < -0.3 is 5.73 Å². The van der Waals surface area contributed by atoms with Gasteiger partial charge >= 0.3 is 0 Å². The molecular formula is C11H14N4. The predicted molar refractivity (Wildman–Crippen MR) is 58.4 cm³/mol. The van der Waals surface area contributed by atoms with E-state index in [0.29, 0.717) is 6.54 Å². The Morgan fingerprint density at radius 1 is 1.47 bits per heavy atom. The van der Waals surface area contributed by atoms with Crippen LogP contribution in [0, 0.1) is 6.92 Å². The molecule has 2 aromatic rings. The van der Waals surface area contributed by atoms with Crippen molar-refractivity contribution < 1.29 is 0 Å². The van der Waals surface area contributed by atoms with Crippen LogP contribution in [0.2, 0.25) is 0 Å². The molecule has 0 bridgehead atoms. The van der Waals surface area contributed by atoms with Crippen molar-refractivity contribution in [1.82, 2.24) is 14.8 Å². The van der Waals surface area contributed by atoms with Gasteiger partial charge in [-0.1, -0.05) is 6.07 Å². The molecule has 15 heavy (non-hydrogen) atoms. The number of nitrogens with two attached hydrogens (primary N) is 1. The number of aryl methyl sites for hydroxylation is 1. The molecule has 2 rings (SSSR count). The van der Waals surface area contributed by atoms with E-state index >= 15 is 0 Å². The van der Waals surface area contributed by atoms with Crippen molar-refractivity contribution in [2.75, 3.05) is 6.54 Å². The van der Waals surface area contributed by atoms with Crippen molar-refractivity contribution >= 4 is 0 Å². The minimum absolute atomic E-state index is 0.0763. The third kappa shape index (κ3) is 2.05. The zero-order valence-corrected chi connectivity index (χ0v) is 8.67. The second-order valence-electron chi connectivity index (χ2n) is 3.47. The van der Waals surface area contributed by atoms with Crippen molar-refractivity contribution in [3.63, 3.8) is 0 Å². The Morgan fingerprint density at radius 3 is 2.87 bits per heavy atom. The smallest absolute Gasteiger partial charge is 0.0905 e. The van der Waals surface area contributed by atoms with Gasteiger partial charge in [-0.3, -0.25) is 9.67 Å². The van der Waals surface area contributed by atoms with E-state index in [2.05, 4.69) is 10.1 Å². The molecule has 0 radical (unpaired) electrons. The average Bonchev–Trinajstić information content (AvgIpc) is 2.68. The Balaban J connectivity index is 2.33. The molecule has 2 aromatic heterocycles. The van der Waals surface area contributed by atoms with Gasteiger partial charge in [0.1, 0.15) is 0 Å². The molecule has 1 unspecified atom stereocenters. The summed E-state index contributed by atoms with van der Waals surface area (Å²) in [5.41, 5.74) is 7.84. The third-order valence-corrected chi connectivity index (χ3v) is 2.35. The number of pyridine rings is 1. The Bertz CT molecular complexity index is 421. The summed E-state index contributed by atoms with van der Waals surface area (Å²) in [6.07, 6.45) is 5.53. The topological polar surface area (TPSA) is 56.7 Å². The maximum atomic E-state index is 5.76. The highest BCUT2D eigenvalue weighted by atomic mass is 15.3. The van der Waals surface area contributed by atoms with Crippen molar-refractivity contribution in [3.05, 3.63) is 48.0 Å². The molecule has 0 aliphatic rings. The summed E-state index contributed by atoms with van der Waals surface area (Å²) in [6, 6.07) is 5.97. The van der Waals surface area contributed by atoms with Gasteiger partial charge in [-0.05, 0) is 24.6 Å². The van der Waals surface area contributed by atoms with Crippen LogP contribution in [0.4, 0.5) is 0 Å². The zero-order valence-electron chi connectivity index (χ0n) is 8.67. The minimum atomic E-state index is 0.0763. The number of nitrogens with zero attached hydrogens (tertiary/aromatic N) is 3. The lowest BCUT2D eigenvalue weighted by Crippen LogP contribution is -2.21. The first-order valence-corrected chi connectivity index (χ1v) is 4.93. The van der Waals surface area contributed by atoms with Gasteiger partial charge in [-0.15, -0.1) is 0 Å². The molecule has 0 spiro atoms. The van der Waals surface area contributed by atoms with Gasteiger partial charge in [0.15, 0.2) is 0 Å². The summed E-state index contributed by atoms with van der Waals surface area (Å²) in [7, 11) is 0. The molecule has 0 aliphatic carbocycles. The van der Waals surface area contributed by atoms with Crippen LogP contribution < -0.4 is 5.73 Å². The maximum Gasteiger partial charge on any atom is 0.0905 e. The maximum absolute atomic E-state index is 5.76. The van der Waals surface area contributed by atoms with Crippen LogP contribution in [0.15, 0.2) is 36.8 Å². The molecule has 78 valence electrons. The fourth-order valence-corrected chi connectivity index (χ4v) is 1.58. The summed E-state index contributed by atoms with van der Waals surface area (Å²) in [5, 5.41) is 4.37. The van der Waals surface area contributed by atoms with E-state index < -0.39 is 0 Å². The van der Waals surface area contributed by atoms with Gasteiger partial charge in [0.2, 0.25) is 0 Å². The highest BCUT2D eigenvalue weighted by Crippen LogP contribution is 2.15. The Hall–Kier alpha value is -1.68. The number of hydrogen-bond acceptors (Lipinski definition) is 3. The third-order valence-electron chi connectivity index (χ3n) is 2.35. The van der Waals surface area contributed by atoms with Crippen LogP contribution in [0.25, 0.3) is 0 Å². The molecule has 1 atom stereocenters. The number of hydrogen-bond donors (Lipinski definition) is 1. The molecule has 2 heterocycles. The first-order chi connectivity index (χ1) is 7.31. The Labute approximate surface area is 88.8 Å². The molecule has 0 fully saturated rings. The van der Waals surface area contributed by atoms with E-state index in [1.165, 1.54) is 0 Å². The van der Waals surface area contributed by atoms with Crippen LogP contribution >= 0.6 is 0 Å². The molecule has 2 N–H and O–H groups in total. The molecule has 0 aromatic carbocycles. The lowest BCUT2D eigenvalue weighted by atomic mass is 10.1. The normalized spacial score (nSPS) is 12.7. The first kappa shape index (κ1) is 9.86. The van der Waals surface area contributed by atoms with E-state index in [4.69, 9.17) is 5.73 Å². The van der Waals surface area contributed by atoms with Crippen LogP contribution in [0.3, 0.4) is 0 Å². The zero-order chi connectivity index (χ0) is 10.7. The molecule has 4 nitrogen and oxygen atoms in total. The van der Waals surface area contributed by atoms with E-state index in [1.807, 2.05) is 42.2 Å². The number of aromatic nitrogens is 3. The van der Waals surface area contributed by atoms with Crippen molar-refractivity contribution in [1.29, 1.82) is 0 Å². The van der Waals surface area contributed by atoms with Crippen molar-refractivity contribution in [3.8, 4) is 0 Å². The highest BCUT2D eigenvalue weighted by molar-refractivity contribution is 5.15. The molecular weight excluding hydrogens is 188 g/mol. The predicted octanol–water partition coefficient (Wildman–Crippen LogP) is 1.13. The molecule has 0 aliphatic heterocycles. The largest absolute Gasteiger partial charge is 0.328 e.